The molecule has 0 saturated carbocycles. The fraction of sp³-hybridized carbons (Fsp3) is 0.500. The van der Waals surface area contributed by atoms with E-state index in [0.29, 0.717) is 25.2 Å². The van der Waals surface area contributed by atoms with E-state index in [9.17, 15) is 4.39 Å². The van der Waals surface area contributed by atoms with Gasteiger partial charge in [-0.25, -0.2) is 4.39 Å². The number of pyridine rings is 1. The van der Waals surface area contributed by atoms with E-state index in [0.717, 1.165) is 0 Å². The predicted octanol–water partition coefficient (Wildman–Crippen LogP) is 1.65. The third-order valence-electron chi connectivity index (χ3n) is 1.98. The smallest absolute Gasteiger partial charge is 0.146 e. The minimum absolute atomic E-state index is 0.315. The molecule has 1 aromatic rings. The Hall–Kier alpha value is -1.00. The van der Waals surface area contributed by atoms with Crippen LogP contribution in [0.5, 0.6) is 0 Å². The molecule has 78 valence electrons. The maximum Gasteiger partial charge on any atom is 0.146 e. The molecule has 1 rings (SSSR count). The van der Waals surface area contributed by atoms with Crippen molar-refractivity contribution < 1.29 is 9.13 Å². The zero-order valence-corrected chi connectivity index (χ0v) is 8.24. The van der Waals surface area contributed by atoms with Gasteiger partial charge >= 0.3 is 0 Å². The fourth-order valence-electron chi connectivity index (χ4n) is 1.20. The minimum atomic E-state index is -0.350. The van der Waals surface area contributed by atoms with Gasteiger partial charge in [0.25, 0.3) is 0 Å². The van der Waals surface area contributed by atoms with Crippen molar-refractivity contribution in [3.63, 3.8) is 0 Å². The maximum absolute atomic E-state index is 13.2. The first-order valence-corrected chi connectivity index (χ1v) is 4.68. The number of aromatic nitrogens is 1. The molecule has 0 fully saturated rings. The molecule has 0 amide bonds. The third kappa shape index (κ3) is 3.05. The van der Waals surface area contributed by atoms with Gasteiger partial charge < -0.3 is 10.5 Å². The van der Waals surface area contributed by atoms with Gasteiger partial charge in [0.15, 0.2) is 0 Å². The number of nitrogens with zero attached hydrogens (tertiary/aromatic N) is 1. The zero-order chi connectivity index (χ0) is 10.4. The van der Waals surface area contributed by atoms with Crippen LogP contribution in [0.15, 0.2) is 18.5 Å². The van der Waals surface area contributed by atoms with Crippen LogP contribution in [0.3, 0.4) is 0 Å². The Morgan fingerprint density at radius 1 is 1.64 bits per heavy atom. The Morgan fingerprint density at radius 2 is 2.43 bits per heavy atom. The minimum Gasteiger partial charge on any atom is -0.382 e. The highest BCUT2D eigenvalue weighted by molar-refractivity contribution is 5.16. The van der Waals surface area contributed by atoms with Gasteiger partial charge in [0.1, 0.15) is 5.82 Å². The molecule has 1 atom stereocenters. The number of ether oxygens (including phenoxy) is 1. The molecule has 1 aromatic heterocycles. The lowest BCUT2D eigenvalue weighted by Crippen LogP contribution is -2.14. The Labute approximate surface area is 83.1 Å². The molecule has 14 heavy (non-hydrogen) atoms. The summed E-state index contributed by atoms with van der Waals surface area (Å²) in [5, 5.41) is 0. The Bertz CT molecular complexity index is 281. The Kier molecular flexibility index (Phi) is 4.49. The molecule has 0 saturated heterocycles. The van der Waals surface area contributed by atoms with Crippen molar-refractivity contribution >= 4 is 0 Å². The van der Waals surface area contributed by atoms with E-state index in [-0.39, 0.29) is 11.9 Å². The molecule has 1 unspecified atom stereocenters. The van der Waals surface area contributed by atoms with Crippen LogP contribution in [0.4, 0.5) is 4.39 Å². The van der Waals surface area contributed by atoms with Crippen LogP contribution in [0, 0.1) is 5.82 Å². The lowest BCUT2D eigenvalue weighted by atomic mass is 10.1. The highest BCUT2D eigenvalue weighted by Crippen LogP contribution is 2.16. The molecular formula is C10H15FN2O. The molecule has 3 nitrogen and oxygen atoms in total. The van der Waals surface area contributed by atoms with Crippen molar-refractivity contribution in [1.82, 2.24) is 4.98 Å². The lowest BCUT2D eigenvalue weighted by molar-refractivity contribution is 0.139. The molecule has 0 bridgehead atoms. The van der Waals surface area contributed by atoms with Crippen LogP contribution in [0.2, 0.25) is 0 Å². The van der Waals surface area contributed by atoms with Gasteiger partial charge in [-0.3, -0.25) is 4.98 Å². The van der Waals surface area contributed by atoms with Crippen LogP contribution < -0.4 is 5.73 Å². The molecule has 0 aromatic carbocycles. The summed E-state index contributed by atoms with van der Waals surface area (Å²) < 4.78 is 18.3. The molecule has 2 N–H and O–H groups in total. The molecule has 0 spiro atoms. The average molecular weight is 198 g/mol. The first kappa shape index (κ1) is 11.1. The van der Waals surface area contributed by atoms with E-state index in [1.165, 1.54) is 6.20 Å². The summed E-state index contributed by atoms with van der Waals surface area (Å²) in [6.45, 7) is 3.13. The van der Waals surface area contributed by atoms with Crippen molar-refractivity contribution in [1.29, 1.82) is 0 Å². The van der Waals surface area contributed by atoms with Crippen LogP contribution >= 0.6 is 0 Å². The number of hydrogen-bond acceptors (Lipinski definition) is 3. The van der Waals surface area contributed by atoms with E-state index >= 15 is 0 Å². The van der Waals surface area contributed by atoms with Gasteiger partial charge in [0.05, 0.1) is 6.20 Å². The standard InChI is InChI=1S/C10H15FN2O/c1-2-14-6-4-10(12)8-3-5-13-7-9(8)11/h3,5,7,10H,2,4,6,12H2,1H3. The van der Waals surface area contributed by atoms with Gasteiger partial charge in [-0.15, -0.1) is 0 Å². The van der Waals surface area contributed by atoms with E-state index < -0.39 is 0 Å². The van der Waals surface area contributed by atoms with Crippen molar-refractivity contribution in [3.8, 4) is 0 Å². The second kappa shape index (κ2) is 5.67. The Morgan fingerprint density at radius 3 is 3.07 bits per heavy atom. The van der Waals surface area contributed by atoms with Crippen LogP contribution in [0.1, 0.15) is 24.9 Å². The SMILES string of the molecule is CCOCCC(N)c1ccncc1F. The van der Waals surface area contributed by atoms with E-state index in [4.69, 9.17) is 10.5 Å². The van der Waals surface area contributed by atoms with Crippen molar-refractivity contribution in [2.24, 2.45) is 5.73 Å². The van der Waals surface area contributed by atoms with Crippen molar-refractivity contribution in [3.05, 3.63) is 29.8 Å². The summed E-state index contributed by atoms with van der Waals surface area (Å²) in [5.41, 5.74) is 6.29. The van der Waals surface area contributed by atoms with Crippen LogP contribution in [0.25, 0.3) is 0 Å². The summed E-state index contributed by atoms with van der Waals surface area (Å²) in [6.07, 6.45) is 3.34. The monoisotopic (exact) mass is 198 g/mol. The van der Waals surface area contributed by atoms with E-state index in [1.807, 2.05) is 6.92 Å². The average Bonchev–Trinajstić information content (AvgIpc) is 2.18. The first-order chi connectivity index (χ1) is 6.75. The highest BCUT2D eigenvalue weighted by Gasteiger charge is 2.10. The topological polar surface area (TPSA) is 48.1 Å². The number of rotatable bonds is 5. The largest absolute Gasteiger partial charge is 0.382 e. The second-order valence-corrected chi connectivity index (χ2v) is 2.99. The molecule has 1 heterocycles. The quantitative estimate of drug-likeness (QED) is 0.732. The highest BCUT2D eigenvalue weighted by atomic mass is 19.1. The van der Waals surface area contributed by atoms with Crippen LogP contribution in [-0.2, 0) is 4.74 Å². The van der Waals surface area contributed by atoms with Gasteiger partial charge in [-0.1, -0.05) is 0 Å². The summed E-state index contributed by atoms with van der Waals surface area (Å²) in [6, 6.07) is 1.29. The second-order valence-electron chi connectivity index (χ2n) is 2.99. The van der Waals surface area contributed by atoms with Crippen LogP contribution in [-0.4, -0.2) is 18.2 Å². The fourth-order valence-corrected chi connectivity index (χ4v) is 1.20. The zero-order valence-electron chi connectivity index (χ0n) is 8.24. The predicted molar refractivity (Wildman–Crippen MR) is 52.2 cm³/mol. The third-order valence-corrected chi connectivity index (χ3v) is 1.98. The summed E-state index contributed by atoms with van der Waals surface area (Å²) in [5.74, 6) is -0.350. The molecule has 0 aliphatic heterocycles. The summed E-state index contributed by atoms with van der Waals surface area (Å²) in [4.78, 5) is 3.66. The number of hydrogen-bond donors (Lipinski definition) is 1. The summed E-state index contributed by atoms with van der Waals surface area (Å²) in [7, 11) is 0. The van der Waals surface area contributed by atoms with Gasteiger partial charge in [0.2, 0.25) is 0 Å². The molecule has 0 radical (unpaired) electrons. The Balaban J connectivity index is 2.51. The number of halogens is 1. The van der Waals surface area contributed by atoms with Crippen molar-refractivity contribution in [2.45, 2.75) is 19.4 Å². The van der Waals surface area contributed by atoms with E-state index in [1.54, 1.807) is 12.3 Å². The normalized spacial score (nSPS) is 12.8. The maximum atomic E-state index is 13.2. The van der Waals surface area contributed by atoms with Gasteiger partial charge in [0, 0.05) is 31.0 Å². The van der Waals surface area contributed by atoms with Gasteiger partial charge in [-0.05, 0) is 19.4 Å². The van der Waals surface area contributed by atoms with E-state index in [2.05, 4.69) is 4.98 Å². The molecule has 0 aliphatic carbocycles. The molecule has 4 heteroatoms. The van der Waals surface area contributed by atoms with Gasteiger partial charge in [-0.2, -0.15) is 0 Å². The molecule has 0 aliphatic rings. The lowest BCUT2D eigenvalue weighted by Gasteiger charge is -2.11. The van der Waals surface area contributed by atoms with Crippen molar-refractivity contribution in [2.75, 3.05) is 13.2 Å². The molecular weight excluding hydrogens is 183 g/mol. The summed E-state index contributed by atoms with van der Waals surface area (Å²) >= 11 is 0. The number of nitrogens with two attached hydrogens (primary N) is 1. The first-order valence-electron chi connectivity index (χ1n) is 4.68.